The van der Waals surface area contributed by atoms with E-state index in [0.29, 0.717) is 24.7 Å². The van der Waals surface area contributed by atoms with Gasteiger partial charge in [0.15, 0.2) is 0 Å². The van der Waals surface area contributed by atoms with Gasteiger partial charge in [-0.25, -0.2) is 0 Å². The Bertz CT molecular complexity index is 273. The van der Waals surface area contributed by atoms with E-state index >= 15 is 0 Å². The summed E-state index contributed by atoms with van der Waals surface area (Å²) < 4.78 is 4.81. The van der Waals surface area contributed by atoms with Crippen LogP contribution >= 0.6 is 0 Å². The summed E-state index contributed by atoms with van der Waals surface area (Å²) in [6.07, 6.45) is 3.37. The van der Waals surface area contributed by atoms with Gasteiger partial charge in [-0.2, -0.15) is 0 Å². The number of carbonyl (C=O) groups excluding carboxylic acids is 1. The zero-order valence-electron chi connectivity index (χ0n) is 11.7. The molecule has 0 atom stereocenters. The predicted molar refractivity (Wildman–Crippen MR) is 67.5 cm³/mol. The average Bonchev–Trinajstić information content (AvgIpc) is 2.28. The highest BCUT2D eigenvalue weighted by Gasteiger charge is 2.51. The number of methoxy groups -OCH3 is 1. The number of ether oxygens (including phenoxy) is 1. The molecule has 0 amide bonds. The number of hydrogen-bond acceptors (Lipinski definition) is 3. The van der Waals surface area contributed by atoms with Crippen molar-refractivity contribution in [2.45, 2.75) is 59.0 Å². The lowest BCUT2D eigenvalue weighted by Crippen LogP contribution is -2.52. The first-order valence-electron chi connectivity index (χ1n) is 6.55. The lowest BCUT2D eigenvalue weighted by Gasteiger charge is -2.45. The van der Waals surface area contributed by atoms with Gasteiger partial charge in [0.2, 0.25) is 0 Å². The fraction of sp³-hybridized carbons (Fsp3) is 0.929. The monoisotopic (exact) mass is 242 g/mol. The SMILES string of the molecule is COC(=O)C(C)(C)C1(O)CCC(C(C)C)CC1. The molecule has 0 heterocycles. The Kier molecular flexibility index (Phi) is 4.23. The molecular weight excluding hydrogens is 216 g/mol. The average molecular weight is 242 g/mol. The third kappa shape index (κ3) is 2.65. The molecule has 0 bridgehead atoms. The molecule has 0 aromatic carbocycles. The molecule has 0 spiro atoms. The lowest BCUT2D eigenvalue weighted by molar-refractivity contribution is -0.174. The third-order valence-electron chi connectivity index (χ3n) is 4.66. The molecule has 0 unspecified atom stereocenters. The third-order valence-corrected chi connectivity index (χ3v) is 4.66. The second-order valence-electron chi connectivity index (χ2n) is 6.23. The maximum Gasteiger partial charge on any atom is 0.314 e. The first-order chi connectivity index (χ1) is 7.74. The molecule has 0 radical (unpaired) electrons. The minimum Gasteiger partial charge on any atom is -0.469 e. The maximum absolute atomic E-state index is 11.8. The standard InChI is InChI=1S/C14H26O3/c1-10(2)11-6-8-14(16,9-7-11)13(3,4)12(15)17-5/h10-11,16H,6-9H2,1-5H3. The van der Waals surface area contributed by atoms with E-state index < -0.39 is 11.0 Å². The van der Waals surface area contributed by atoms with Crippen LogP contribution in [0.5, 0.6) is 0 Å². The maximum atomic E-state index is 11.8. The molecule has 0 aromatic heterocycles. The highest BCUT2D eigenvalue weighted by Crippen LogP contribution is 2.45. The molecule has 0 aromatic rings. The Balaban J connectivity index is 2.75. The van der Waals surface area contributed by atoms with Crippen LogP contribution in [0.15, 0.2) is 0 Å². The van der Waals surface area contributed by atoms with Crippen LogP contribution in [-0.4, -0.2) is 23.8 Å². The Labute approximate surface area is 105 Å². The Morgan fingerprint density at radius 2 is 1.82 bits per heavy atom. The summed E-state index contributed by atoms with van der Waals surface area (Å²) in [5, 5.41) is 10.7. The quantitative estimate of drug-likeness (QED) is 0.774. The van der Waals surface area contributed by atoms with Gasteiger partial charge in [-0.1, -0.05) is 13.8 Å². The van der Waals surface area contributed by atoms with Gasteiger partial charge in [-0.15, -0.1) is 0 Å². The van der Waals surface area contributed by atoms with Gasteiger partial charge in [0, 0.05) is 0 Å². The van der Waals surface area contributed by atoms with Crippen LogP contribution in [0.1, 0.15) is 53.4 Å². The van der Waals surface area contributed by atoms with Gasteiger partial charge in [-0.05, 0) is 51.4 Å². The van der Waals surface area contributed by atoms with Crippen molar-refractivity contribution in [2.75, 3.05) is 7.11 Å². The molecule has 1 aliphatic rings. The van der Waals surface area contributed by atoms with Crippen molar-refractivity contribution in [1.29, 1.82) is 0 Å². The second kappa shape index (κ2) is 4.97. The molecule has 1 fully saturated rings. The first kappa shape index (κ1) is 14.5. The molecular formula is C14H26O3. The summed E-state index contributed by atoms with van der Waals surface area (Å²) in [7, 11) is 1.38. The summed E-state index contributed by atoms with van der Waals surface area (Å²) in [5.74, 6) is 1.01. The molecule has 1 rings (SSSR count). The summed E-state index contributed by atoms with van der Waals surface area (Å²) >= 11 is 0. The number of rotatable bonds is 3. The van der Waals surface area contributed by atoms with Gasteiger partial charge in [0.1, 0.15) is 0 Å². The van der Waals surface area contributed by atoms with E-state index in [4.69, 9.17) is 4.74 Å². The minimum absolute atomic E-state index is 0.317. The molecule has 1 N–H and O–H groups in total. The van der Waals surface area contributed by atoms with E-state index in [1.54, 1.807) is 13.8 Å². The van der Waals surface area contributed by atoms with Crippen LogP contribution in [0.3, 0.4) is 0 Å². The van der Waals surface area contributed by atoms with Gasteiger partial charge < -0.3 is 9.84 Å². The molecule has 100 valence electrons. The molecule has 0 aliphatic heterocycles. The van der Waals surface area contributed by atoms with Crippen LogP contribution in [0.4, 0.5) is 0 Å². The van der Waals surface area contributed by atoms with E-state index in [1.165, 1.54) is 7.11 Å². The van der Waals surface area contributed by atoms with Crippen molar-refractivity contribution in [3.05, 3.63) is 0 Å². The van der Waals surface area contributed by atoms with Crippen molar-refractivity contribution < 1.29 is 14.6 Å². The Hall–Kier alpha value is -0.570. The lowest BCUT2D eigenvalue weighted by atomic mass is 9.63. The van der Waals surface area contributed by atoms with E-state index in [-0.39, 0.29) is 5.97 Å². The smallest absolute Gasteiger partial charge is 0.314 e. The molecule has 1 aliphatic carbocycles. The van der Waals surface area contributed by atoms with E-state index in [9.17, 15) is 9.90 Å². The fourth-order valence-corrected chi connectivity index (χ4v) is 2.85. The van der Waals surface area contributed by atoms with Crippen LogP contribution < -0.4 is 0 Å². The number of esters is 1. The van der Waals surface area contributed by atoms with Crippen LogP contribution in [0.25, 0.3) is 0 Å². The second-order valence-corrected chi connectivity index (χ2v) is 6.23. The van der Waals surface area contributed by atoms with Crippen LogP contribution in [0, 0.1) is 17.3 Å². The molecule has 3 nitrogen and oxygen atoms in total. The topological polar surface area (TPSA) is 46.5 Å². The zero-order valence-corrected chi connectivity index (χ0v) is 11.7. The summed E-state index contributed by atoms with van der Waals surface area (Å²) in [6.45, 7) is 8.02. The van der Waals surface area contributed by atoms with Crippen molar-refractivity contribution in [3.63, 3.8) is 0 Å². The number of hydrogen-bond donors (Lipinski definition) is 1. The van der Waals surface area contributed by atoms with E-state index in [1.807, 2.05) is 0 Å². The van der Waals surface area contributed by atoms with Gasteiger partial charge in [-0.3, -0.25) is 4.79 Å². The highest BCUT2D eigenvalue weighted by molar-refractivity contribution is 5.77. The molecule has 17 heavy (non-hydrogen) atoms. The minimum atomic E-state index is -0.911. The van der Waals surface area contributed by atoms with Gasteiger partial charge in [0.05, 0.1) is 18.1 Å². The largest absolute Gasteiger partial charge is 0.469 e. The molecule has 3 heteroatoms. The van der Waals surface area contributed by atoms with Crippen molar-refractivity contribution in [2.24, 2.45) is 17.3 Å². The van der Waals surface area contributed by atoms with E-state index in [2.05, 4.69) is 13.8 Å². The zero-order chi connectivity index (χ0) is 13.3. The Morgan fingerprint density at radius 1 is 1.35 bits per heavy atom. The van der Waals surface area contributed by atoms with Crippen molar-refractivity contribution >= 4 is 5.97 Å². The highest BCUT2D eigenvalue weighted by atomic mass is 16.5. The van der Waals surface area contributed by atoms with E-state index in [0.717, 1.165) is 12.8 Å². The first-order valence-corrected chi connectivity index (χ1v) is 6.55. The summed E-state index contributed by atoms with van der Waals surface area (Å²) in [6, 6.07) is 0. The molecule has 1 saturated carbocycles. The Morgan fingerprint density at radius 3 is 2.18 bits per heavy atom. The fourth-order valence-electron chi connectivity index (χ4n) is 2.85. The van der Waals surface area contributed by atoms with Crippen molar-refractivity contribution in [1.82, 2.24) is 0 Å². The summed E-state index contributed by atoms with van der Waals surface area (Å²) in [4.78, 5) is 11.8. The van der Waals surface area contributed by atoms with Crippen molar-refractivity contribution in [3.8, 4) is 0 Å². The molecule has 0 saturated heterocycles. The van der Waals surface area contributed by atoms with Gasteiger partial charge in [0.25, 0.3) is 0 Å². The predicted octanol–water partition coefficient (Wildman–Crippen LogP) is 2.76. The summed E-state index contributed by atoms with van der Waals surface area (Å²) in [5.41, 5.74) is -1.73. The normalized spacial score (nSPS) is 30.4. The van der Waals surface area contributed by atoms with Crippen LogP contribution in [-0.2, 0) is 9.53 Å². The number of carbonyl (C=O) groups is 1. The number of aliphatic hydroxyl groups is 1. The van der Waals surface area contributed by atoms with Gasteiger partial charge >= 0.3 is 5.97 Å². The van der Waals surface area contributed by atoms with Crippen LogP contribution in [0.2, 0.25) is 0 Å².